The number of aryl methyl sites for hydroxylation is 1. The summed E-state index contributed by atoms with van der Waals surface area (Å²) in [4.78, 5) is 17.4. The topological polar surface area (TPSA) is 44.1 Å². The van der Waals surface area contributed by atoms with Gasteiger partial charge in [-0.15, -0.1) is 0 Å². The quantitative estimate of drug-likeness (QED) is 0.429. The van der Waals surface area contributed by atoms with Gasteiger partial charge in [-0.25, -0.2) is 9.37 Å². The lowest BCUT2D eigenvalue weighted by Crippen LogP contribution is -2.00. The predicted molar refractivity (Wildman–Crippen MR) is 109 cm³/mol. The highest BCUT2D eigenvalue weighted by atomic mass is 19.1. The summed E-state index contributed by atoms with van der Waals surface area (Å²) in [6.45, 7) is 1.92. The normalized spacial score (nSPS) is 12.0. The molecule has 0 fully saturated rings. The number of halogens is 1. The first kappa shape index (κ1) is 17.4. The van der Waals surface area contributed by atoms with Crippen LogP contribution in [0.15, 0.2) is 67.1 Å². The van der Waals surface area contributed by atoms with Crippen molar-refractivity contribution in [2.45, 2.75) is 6.92 Å². The molecule has 0 radical (unpaired) electrons. The SMILES string of the molecule is COc1cc2c(cc1-n1cnc(C)c1)-c1ccc(-c3cccc(F)c3)cc1C2=O. The van der Waals surface area contributed by atoms with Gasteiger partial charge in [-0.2, -0.15) is 0 Å². The number of hydrogen-bond acceptors (Lipinski definition) is 3. The molecular weight excluding hydrogens is 367 g/mol. The summed E-state index contributed by atoms with van der Waals surface area (Å²) < 4.78 is 21.1. The van der Waals surface area contributed by atoms with Gasteiger partial charge in [0.05, 0.1) is 24.8 Å². The van der Waals surface area contributed by atoms with E-state index >= 15 is 0 Å². The van der Waals surface area contributed by atoms with Crippen molar-refractivity contribution in [2.75, 3.05) is 7.11 Å². The summed E-state index contributed by atoms with van der Waals surface area (Å²) in [6, 6.07) is 15.8. The Morgan fingerprint density at radius 1 is 0.931 bits per heavy atom. The number of aromatic nitrogens is 2. The largest absolute Gasteiger partial charge is 0.495 e. The molecule has 0 atom stereocenters. The van der Waals surface area contributed by atoms with Gasteiger partial charge in [-0.05, 0) is 59.5 Å². The van der Waals surface area contributed by atoms with E-state index in [9.17, 15) is 9.18 Å². The molecule has 1 heterocycles. The highest BCUT2D eigenvalue weighted by Crippen LogP contribution is 2.42. The van der Waals surface area contributed by atoms with Crippen molar-refractivity contribution in [1.29, 1.82) is 0 Å². The average molecular weight is 384 g/mol. The Bertz CT molecular complexity index is 1290. The van der Waals surface area contributed by atoms with Crippen LogP contribution < -0.4 is 4.74 Å². The van der Waals surface area contributed by atoms with Crippen LogP contribution >= 0.6 is 0 Å². The van der Waals surface area contributed by atoms with E-state index < -0.39 is 0 Å². The number of methoxy groups -OCH3 is 1. The van der Waals surface area contributed by atoms with Crippen LogP contribution in [0.4, 0.5) is 4.39 Å². The predicted octanol–water partition coefficient (Wildman–Crippen LogP) is 5.21. The molecule has 0 unspecified atom stereocenters. The van der Waals surface area contributed by atoms with Gasteiger partial charge in [0.1, 0.15) is 11.6 Å². The molecule has 142 valence electrons. The lowest BCUT2D eigenvalue weighted by atomic mass is 9.99. The fraction of sp³-hybridized carbons (Fsp3) is 0.0833. The maximum Gasteiger partial charge on any atom is 0.194 e. The van der Waals surface area contributed by atoms with Crippen molar-refractivity contribution in [3.63, 3.8) is 0 Å². The Hall–Kier alpha value is -3.73. The van der Waals surface area contributed by atoms with E-state index in [0.717, 1.165) is 33.6 Å². The average Bonchev–Trinajstić information content (AvgIpc) is 3.28. The van der Waals surface area contributed by atoms with Gasteiger partial charge in [-0.3, -0.25) is 4.79 Å². The number of rotatable bonds is 3. The van der Waals surface area contributed by atoms with Crippen molar-refractivity contribution in [1.82, 2.24) is 9.55 Å². The summed E-state index contributed by atoms with van der Waals surface area (Å²) in [5, 5.41) is 0. The van der Waals surface area contributed by atoms with Crippen molar-refractivity contribution in [3.8, 4) is 33.7 Å². The second-order valence-electron chi connectivity index (χ2n) is 7.09. The fourth-order valence-electron chi connectivity index (χ4n) is 3.86. The lowest BCUT2D eigenvalue weighted by molar-refractivity contribution is 0.104. The number of ether oxygens (including phenoxy) is 1. The molecule has 3 aromatic carbocycles. The van der Waals surface area contributed by atoms with E-state index in [1.165, 1.54) is 12.1 Å². The number of carbonyl (C=O) groups excluding carboxylic acids is 1. The number of ketones is 1. The molecule has 4 nitrogen and oxygen atoms in total. The monoisotopic (exact) mass is 384 g/mol. The van der Waals surface area contributed by atoms with Crippen LogP contribution in [-0.2, 0) is 0 Å². The molecule has 0 spiro atoms. The van der Waals surface area contributed by atoms with Crippen LogP contribution in [0.2, 0.25) is 0 Å². The zero-order valence-corrected chi connectivity index (χ0v) is 15.9. The molecule has 0 saturated heterocycles. The summed E-state index contributed by atoms with van der Waals surface area (Å²) in [6.07, 6.45) is 3.64. The van der Waals surface area contributed by atoms with Gasteiger partial charge >= 0.3 is 0 Å². The minimum atomic E-state index is -0.303. The first-order valence-corrected chi connectivity index (χ1v) is 9.23. The zero-order valence-electron chi connectivity index (χ0n) is 15.9. The number of fused-ring (bicyclic) bond motifs is 3. The first-order valence-electron chi connectivity index (χ1n) is 9.23. The van der Waals surface area contributed by atoms with Gasteiger partial charge in [0.2, 0.25) is 0 Å². The third-order valence-electron chi connectivity index (χ3n) is 5.27. The van der Waals surface area contributed by atoms with Gasteiger partial charge in [-0.1, -0.05) is 24.3 Å². The second-order valence-corrected chi connectivity index (χ2v) is 7.09. The molecule has 5 heteroatoms. The molecule has 29 heavy (non-hydrogen) atoms. The molecule has 0 bridgehead atoms. The minimum absolute atomic E-state index is 0.0556. The number of nitrogens with zero attached hydrogens (tertiary/aromatic N) is 2. The van der Waals surface area contributed by atoms with E-state index in [1.807, 2.05) is 48.0 Å². The van der Waals surface area contributed by atoms with E-state index in [0.29, 0.717) is 16.9 Å². The third-order valence-corrected chi connectivity index (χ3v) is 5.27. The summed E-state index contributed by atoms with van der Waals surface area (Å²) in [5.74, 6) is 0.246. The molecule has 1 aromatic heterocycles. The maximum absolute atomic E-state index is 13.6. The van der Waals surface area contributed by atoms with Crippen LogP contribution in [0.3, 0.4) is 0 Å². The third kappa shape index (κ3) is 2.74. The van der Waals surface area contributed by atoms with E-state index in [2.05, 4.69) is 4.98 Å². The number of imidazole rings is 1. The summed E-state index contributed by atoms with van der Waals surface area (Å²) >= 11 is 0. The Balaban J connectivity index is 1.67. The number of hydrogen-bond donors (Lipinski definition) is 0. The second kappa shape index (κ2) is 6.41. The van der Waals surface area contributed by atoms with Crippen LogP contribution in [0.25, 0.3) is 27.9 Å². The molecule has 4 aromatic rings. The summed E-state index contributed by atoms with van der Waals surface area (Å²) in [7, 11) is 1.59. The van der Waals surface area contributed by atoms with Gasteiger partial charge in [0.25, 0.3) is 0 Å². The van der Waals surface area contributed by atoms with Crippen molar-refractivity contribution in [2.24, 2.45) is 0 Å². The standard InChI is InChI=1S/C24H17FN2O2/c1-14-12-27(13-26-14)22-10-19-18-7-6-16(15-4-3-5-17(25)8-15)9-20(18)24(28)21(19)11-23(22)29-2/h3-13H,1-2H3. The van der Waals surface area contributed by atoms with Crippen LogP contribution in [-0.4, -0.2) is 22.4 Å². The molecule has 1 aliphatic carbocycles. The zero-order chi connectivity index (χ0) is 20.1. The Morgan fingerprint density at radius 2 is 1.72 bits per heavy atom. The van der Waals surface area contributed by atoms with E-state index in [-0.39, 0.29) is 11.6 Å². The van der Waals surface area contributed by atoms with Gasteiger partial charge < -0.3 is 9.30 Å². The van der Waals surface area contributed by atoms with Crippen LogP contribution in [0, 0.1) is 12.7 Å². The van der Waals surface area contributed by atoms with Gasteiger partial charge in [0, 0.05) is 17.3 Å². The van der Waals surface area contributed by atoms with E-state index in [4.69, 9.17) is 4.74 Å². The molecule has 0 saturated carbocycles. The van der Waals surface area contributed by atoms with Gasteiger partial charge in [0.15, 0.2) is 5.78 Å². The molecule has 0 amide bonds. The molecule has 0 N–H and O–H groups in total. The van der Waals surface area contributed by atoms with Crippen LogP contribution in [0.1, 0.15) is 21.6 Å². The van der Waals surface area contributed by atoms with Crippen molar-refractivity contribution < 1.29 is 13.9 Å². The Labute approximate surface area is 167 Å². The molecule has 1 aliphatic rings. The Morgan fingerprint density at radius 3 is 2.45 bits per heavy atom. The van der Waals surface area contributed by atoms with Crippen molar-refractivity contribution >= 4 is 5.78 Å². The molecular formula is C24H17FN2O2. The molecule has 5 rings (SSSR count). The fourth-order valence-corrected chi connectivity index (χ4v) is 3.86. The smallest absolute Gasteiger partial charge is 0.194 e. The first-order chi connectivity index (χ1) is 14.0. The number of benzene rings is 3. The summed E-state index contributed by atoms with van der Waals surface area (Å²) in [5.41, 5.74) is 6.21. The van der Waals surface area contributed by atoms with Crippen molar-refractivity contribution in [3.05, 3.63) is 89.8 Å². The van der Waals surface area contributed by atoms with E-state index in [1.54, 1.807) is 25.6 Å². The minimum Gasteiger partial charge on any atom is -0.495 e. The molecule has 0 aliphatic heterocycles. The van der Waals surface area contributed by atoms with Crippen LogP contribution in [0.5, 0.6) is 5.75 Å². The number of carbonyl (C=O) groups is 1. The highest BCUT2D eigenvalue weighted by molar-refractivity contribution is 6.22. The maximum atomic E-state index is 13.6. The highest BCUT2D eigenvalue weighted by Gasteiger charge is 2.29. The Kier molecular flexibility index (Phi) is 3.84. The lowest BCUT2D eigenvalue weighted by Gasteiger charge is -2.12.